The quantitative estimate of drug-likeness (QED) is 0.392. The van der Waals surface area contributed by atoms with Crippen LogP contribution in [-0.4, -0.2) is 11.6 Å². The van der Waals surface area contributed by atoms with Gasteiger partial charge in [-0.2, -0.15) is 0 Å². The lowest BCUT2D eigenvalue weighted by Gasteiger charge is -1.95. The first kappa shape index (κ1) is 9.77. The van der Waals surface area contributed by atoms with Gasteiger partial charge in [0, 0.05) is 11.1 Å². The van der Waals surface area contributed by atoms with E-state index >= 15 is 0 Å². The fourth-order valence-electron chi connectivity index (χ4n) is 0.940. The number of terminal acetylenes is 2. The summed E-state index contributed by atoms with van der Waals surface area (Å²) < 4.78 is 0. The van der Waals surface area contributed by atoms with E-state index in [2.05, 4.69) is 0 Å². The maximum atomic E-state index is 11.0. The van der Waals surface area contributed by atoms with Crippen LogP contribution in [0.25, 0.3) is 0 Å². The van der Waals surface area contributed by atoms with Gasteiger partial charge < -0.3 is 0 Å². The van der Waals surface area contributed by atoms with Crippen LogP contribution in [0.3, 0.4) is 0 Å². The lowest BCUT2D eigenvalue weighted by molar-refractivity contribution is 0.104. The van der Waals surface area contributed by atoms with E-state index < -0.39 is 11.6 Å². The zero-order valence-corrected chi connectivity index (χ0v) is 7.28. The molecule has 2 heteroatoms. The molecule has 14 heavy (non-hydrogen) atoms. The summed E-state index contributed by atoms with van der Waals surface area (Å²) in [4.78, 5) is 22.0. The highest BCUT2D eigenvalue weighted by molar-refractivity contribution is 6.11. The largest absolute Gasteiger partial charge is 0.279 e. The molecular weight excluding hydrogens is 176 g/mol. The van der Waals surface area contributed by atoms with E-state index in [9.17, 15) is 9.59 Å². The van der Waals surface area contributed by atoms with Crippen molar-refractivity contribution in [3.05, 3.63) is 35.4 Å². The standard InChI is InChI=1S/C12H6O2/c1-3-11(13)9-5-7-10(8-6-9)12(14)4-2/h1-2,5-8H. The minimum Gasteiger partial charge on any atom is -0.279 e. The maximum Gasteiger partial charge on any atom is 0.235 e. The third kappa shape index (κ3) is 1.88. The lowest BCUT2D eigenvalue weighted by atomic mass is 10.1. The molecule has 66 valence electrons. The molecule has 0 N–H and O–H groups in total. The molecule has 0 bridgehead atoms. The lowest BCUT2D eigenvalue weighted by Crippen LogP contribution is -1.98. The fourth-order valence-corrected chi connectivity index (χ4v) is 0.940. The Labute approximate surface area is 81.9 Å². The molecule has 1 rings (SSSR count). The third-order valence-corrected chi connectivity index (χ3v) is 1.67. The highest BCUT2D eigenvalue weighted by atomic mass is 16.1. The summed E-state index contributed by atoms with van der Waals surface area (Å²) in [5.41, 5.74) is 0.752. The maximum absolute atomic E-state index is 11.0. The van der Waals surface area contributed by atoms with Crippen LogP contribution in [0.1, 0.15) is 20.7 Å². The van der Waals surface area contributed by atoms with Gasteiger partial charge in [-0.1, -0.05) is 0 Å². The predicted molar refractivity (Wildman–Crippen MR) is 52.8 cm³/mol. The highest BCUT2D eigenvalue weighted by Gasteiger charge is 2.04. The third-order valence-electron chi connectivity index (χ3n) is 1.67. The van der Waals surface area contributed by atoms with Gasteiger partial charge in [0.15, 0.2) is 0 Å². The van der Waals surface area contributed by atoms with Gasteiger partial charge >= 0.3 is 0 Å². The van der Waals surface area contributed by atoms with Crippen LogP contribution in [0.4, 0.5) is 0 Å². The van der Waals surface area contributed by atoms with Crippen molar-refractivity contribution in [2.45, 2.75) is 0 Å². The Kier molecular flexibility index (Phi) is 2.84. The van der Waals surface area contributed by atoms with Crippen molar-refractivity contribution in [3.8, 4) is 24.7 Å². The molecular formula is C12H6O2. The summed E-state index contributed by atoms with van der Waals surface area (Å²) >= 11 is 0. The molecule has 0 saturated carbocycles. The second kappa shape index (κ2) is 4.07. The summed E-state index contributed by atoms with van der Waals surface area (Å²) in [6, 6.07) is 5.92. The number of hydrogen-bond donors (Lipinski definition) is 0. The van der Waals surface area contributed by atoms with Gasteiger partial charge in [-0.3, -0.25) is 9.59 Å². The average molecular weight is 182 g/mol. The Hall–Kier alpha value is -2.32. The number of carbonyl (C=O) groups excluding carboxylic acids is 2. The summed E-state index contributed by atoms with van der Waals surface area (Å²) in [5, 5.41) is 0. The monoisotopic (exact) mass is 182 g/mol. The van der Waals surface area contributed by atoms with Crippen LogP contribution in [0.2, 0.25) is 0 Å². The zero-order chi connectivity index (χ0) is 10.6. The first-order valence-corrected chi connectivity index (χ1v) is 3.81. The van der Waals surface area contributed by atoms with E-state index in [1.807, 2.05) is 11.8 Å². The second-order valence-electron chi connectivity index (χ2n) is 2.52. The van der Waals surface area contributed by atoms with Crippen LogP contribution in [0.15, 0.2) is 24.3 Å². The fraction of sp³-hybridized carbons (Fsp3) is 0. The van der Waals surface area contributed by atoms with E-state index in [1.165, 1.54) is 24.3 Å². The van der Waals surface area contributed by atoms with Crippen LogP contribution >= 0.6 is 0 Å². The van der Waals surface area contributed by atoms with Gasteiger partial charge in [-0.25, -0.2) is 0 Å². The Morgan fingerprint density at radius 1 is 0.857 bits per heavy atom. The van der Waals surface area contributed by atoms with Crippen molar-refractivity contribution in [2.75, 3.05) is 0 Å². The Morgan fingerprint density at radius 3 is 1.36 bits per heavy atom. The van der Waals surface area contributed by atoms with E-state index in [0.29, 0.717) is 11.1 Å². The minimum absolute atomic E-state index is 0.376. The average Bonchev–Trinajstić information content (AvgIpc) is 2.27. The van der Waals surface area contributed by atoms with Gasteiger partial charge in [0.25, 0.3) is 0 Å². The topological polar surface area (TPSA) is 34.1 Å². The van der Waals surface area contributed by atoms with Crippen LogP contribution < -0.4 is 0 Å². The van der Waals surface area contributed by atoms with Gasteiger partial charge in [-0.15, -0.1) is 12.8 Å². The van der Waals surface area contributed by atoms with E-state index in [4.69, 9.17) is 12.8 Å². The molecule has 0 atom stereocenters. The summed E-state index contributed by atoms with van der Waals surface area (Å²) in [6.07, 6.45) is 9.86. The second-order valence-corrected chi connectivity index (χ2v) is 2.52. The Morgan fingerprint density at radius 2 is 1.14 bits per heavy atom. The van der Waals surface area contributed by atoms with E-state index in [0.717, 1.165) is 0 Å². The molecule has 0 heterocycles. The molecule has 0 fully saturated rings. The van der Waals surface area contributed by atoms with Crippen molar-refractivity contribution in [3.63, 3.8) is 0 Å². The predicted octanol–water partition coefficient (Wildman–Crippen LogP) is 1.32. The zero-order valence-electron chi connectivity index (χ0n) is 7.28. The first-order chi connectivity index (χ1) is 6.69. The van der Waals surface area contributed by atoms with Gasteiger partial charge in [0.1, 0.15) is 0 Å². The van der Waals surface area contributed by atoms with Crippen LogP contribution in [0.5, 0.6) is 0 Å². The molecule has 0 saturated heterocycles. The number of carbonyl (C=O) groups is 2. The molecule has 1 aromatic carbocycles. The highest BCUT2D eigenvalue weighted by Crippen LogP contribution is 2.05. The Balaban J connectivity index is 3.03. The molecule has 2 nitrogen and oxygen atoms in total. The van der Waals surface area contributed by atoms with Gasteiger partial charge in [-0.05, 0) is 36.1 Å². The SMILES string of the molecule is C#CC(=O)c1ccc(C(=O)C#C)cc1. The number of rotatable bonds is 2. The molecule has 0 aromatic heterocycles. The van der Waals surface area contributed by atoms with Crippen molar-refractivity contribution in [2.24, 2.45) is 0 Å². The van der Waals surface area contributed by atoms with E-state index in [-0.39, 0.29) is 0 Å². The minimum atomic E-state index is -0.412. The van der Waals surface area contributed by atoms with E-state index in [1.54, 1.807) is 0 Å². The molecule has 0 spiro atoms. The normalized spacial score (nSPS) is 8.43. The summed E-state index contributed by atoms with van der Waals surface area (Å²) in [5.74, 6) is 3.13. The molecule has 0 amide bonds. The van der Waals surface area contributed by atoms with Crippen molar-refractivity contribution in [1.82, 2.24) is 0 Å². The number of benzene rings is 1. The molecule has 0 aliphatic rings. The smallest absolute Gasteiger partial charge is 0.235 e. The first-order valence-electron chi connectivity index (χ1n) is 3.81. The van der Waals surface area contributed by atoms with Crippen LogP contribution in [0, 0.1) is 24.7 Å². The van der Waals surface area contributed by atoms with Crippen molar-refractivity contribution in [1.29, 1.82) is 0 Å². The summed E-state index contributed by atoms with van der Waals surface area (Å²) in [6.45, 7) is 0. The molecule has 0 aliphatic heterocycles. The number of ketones is 2. The van der Waals surface area contributed by atoms with Gasteiger partial charge in [0.2, 0.25) is 11.6 Å². The molecule has 0 aliphatic carbocycles. The van der Waals surface area contributed by atoms with Crippen LogP contribution in [-0.2, 0) is 0 Å². The number of Topliss-reactive ketones (excluding diaryl/α,β-unsaturated/α-hetero) is 2. The number of hydrogen-bond acceptors (Lipinski definition) is 2. The molecule has 1 aromatic rings. The Bertz CT molecular complexity index is 408. The van der Waals surface area contributed by atoms with Gasteiger partial charge in [0.05, 0.1) is 0 Å². The van der Waals surface area contributed by atoms with Crippen molar-refractivity contribution < 1.29 is 9.59 Å². The molecule has 0 unspecified atom stereocenters. The summed E-state index contributed by atoms with van der Waals surface area (Å²) in [7, 11) is 0. The molecule has 0 radical (unpaired) electrons. The van der Waals surface area contributed by atoms with Crippen molar-refractivity contribution >= 4 is 11.6 Å².